The van der Waals surface area contributed by atoms with Gasteiger partial charge in [0.15, 0.2) is 0 Å². The topological polar surface area (TPSA) is 93.7 Å². The van der Waals surface area contributed by atoms with E-state index in [0.29, 0.717) is 44.2 Å². The van der Waals surface area contributed by atoms with Crippen LogP contribution in [0, 0.1) is 0 Å². The number of ether oxygens (including phenoxy) is 1. The molecule has 2 aromatic heterocycles. The SMILES string of the molecule is C=CC(=O)N1CCN(c2nc(OC[C@@H]3CCCN3C)nc3c2CCN(c2c(C(C)C)ccc4[nH]ncc24)C3)CC1.S. The molecule has 0 aliphatic carbocycles. The molecule has 0 spiro atoms. The van der Waals surface area contributed by atoms with Crippen molar-refractivity contribution in [2.75, 3.05) is 62.7 Å². The fourth-order valence-corrected chi connectivity index (χ4v) is 6.37. The van der Waals surface area contributed by atoms with Gasteiger partial charge < -0.3 is 24.3 Å². The van der Waals surface area contributed by atoms with Crippen molar-refractivity contribution in [1.29, 1.82) is 0 Å². The quantitative estimate of drug-likeness (QED) is 0.426. The average Bonchev–Trinajstić information content (AvgIpc) is 3.63. The summed E-state index contributed by atoms with van der Waals surface area (Å²) in [6.07, 6.45) is 6.51. The zero-order valence-electron chi connectivity index (χ0n) is 24.4. The molecule has 41 heavy (non-hydrogen) atoms. The highest BCUT2D eigenvalue weighted by Crippen LogP contribution is 2.38. The van der Waals surface area contributed by atoms with E-state index in [2.05, 4.69) is 64.5 Å². The van der Waals surface area contributed by atoms with E-state index in [-0.39, 0.29) is 19.4 Å². The standard InChI is InChI=1S/C30H40N8O2.H2S/c1-5-27(39)36-13-15-37(16-14-36)29-23-10-12-38(28-22(20(2)3)8-9-25-24(28)17-31-34-25)18-26(23)32-30(33-29)40-19-21-7-6-11-35(21)4;/h5,8-9,17,20-21H,1,6-7,10-16,18-19H2,2-4H3,(H,31,34);1H2/t21-;/m0./s1. The van der Waals surface area contributed by atoms with Gasteiger partial charge >= 0.3 is 6.01 Å². The molecule has 0 saturated carbocycles. The first-order chi connectivity index (χ1) is 19.4. The van der Waals surface area contributed by atoms with Crippen molar-refractivity contribution in [3.63, 3.8) is 0 Å². The second kappa shape index (κ2) is 12.3. The van der Waals surface area contributed by atoms with Gasteiger partial charge in [-0.3, -0.25) is 9.89 Å². The zero-order chi connectivity index (χ0) is 27.8. The molecule has 0 radical (unpaired) electrons. The highest BCUT2D eigenvalue weighted by molar-refractivity contribution is 7.59. The average molecular weight is 579 g/mol. The number of carbonyl (C=O) groups is 1. The number of benzene rings is 1. The third-order valence-electron chi connectivity index (χ3n) is 8.73. The Balaban J connectivity index is 0.00000337. The lowest BCUT2D eigenvalue weighted by molar-refractivity contribution is -0.126. The van der Waals surface area contributed by atoms with E-state index in [1.807, 2.05) is 11.1 Å². The molecule has 3 aromatic rings. The maximum absolute atomic E-state index is 12.2. The molecule has 2 saturated heterocycles. The Bertz CT molecular complexity index is 1400. The van der Waals surface area contributed by atoms with Crippen molar-refractivity contribution in [2.45, 2.75) is 51.6 Å². The van der Waals surface area contributed by atoms with E-state index in [0.717, 1.165) is 61.4 Å². The lowest BCUT2D eigenvalue weighted by Gasteiger charge is -2.38. The molecule has 1 atom stereocenters. The van der Waals surface area contributed by atoms with E-state index in [9.17, 15) is 4.79 Å². The number of aromatic nitrogens is 4. The maximum atomic E-state index is 12.2. The molecular formula is C30H42N8O2S. The first kappa shape index (κ1) is 29.2. The fourth-order valence-electron chi connectivity index (χ4n) is 6.37. The Kier molecular flexibility index (Phi) is 8.74. The van der Waals surface area contributed by atoms with Crippen LogP contribution in [0.4, 0.5) is 11.5 Å². The van der Waals surface area contributed by atoms with Crippen LogP contribution < -0.4 is 14.5 Å². The summed E-state index contributed by atoms with van der Waals surface area (Å²) in [5.74, 6) is 1.32. The monoisotopic (exact) mass is 578 g/mol. The van der Waals surface area contributed by atoms with Crippen molar-refractivity contribution >= 4 is 41.8 Å². The fraction of sp³-hybridized carbons (Fsp3) is 0.533. The summed E-state index contributed by atoms with van der Waals surface area (Å²) in [5.41, 5.74) is 5.81. The first-order valence-corrected chi connectivity index (χ1v) is 14.5. The van der Waals surface area contributed by atoms with Crippen molar-refractivity contribution in [3.8, 4) is 6.01 Å². The van der Waals surface area contributed by atoms with E-state index in [1.165, 1.54) is 29.3 Å². The normalized spacial score (nSPS) is 19.4. The van der Waals surface area contributed by atoms with Crippen LogP contribution in [0.25, 0.3) is 10.9 Å². The molecule has 5 heterocycles. The molecule has 3 aliphatic rings. The minimum atomic E-state index is -0.0147. The van der Waals surface area contributed by atoms with Crippen LogP contribution in [0.1, 0.15) is 49.4 Å². The second-order valence-electron chi connectivity index (χ2n) is 11.5. The number of rotatable bonds is 7. The van der Waals surface area contributed by atoms with Crippen LogP contribution in [-0.2, 0) is 17.8 Å². The van der Waals surface area contributed by atoms with Gasteiger partial charge in [0, 0.05) is 49.7 Å². The number of anilines is 2. The Labute approximate surface area is 249 Å². The number of carbonyl (C=O) groups excluding carboxylic acids is 1. The number of likely N-dealkylation sites (tertiary alicyclic amines) is 1. The first-order valence-electron chi connectivity index (χ1n) is 14.5. The van der Waals surface area contributed by atoms with Crippen molar-refractivity contribution in [2.24, 2.45) is 0 Å². The van der Waals surface area contributed by atoms with E-state index in [1.54, 1.807) is 0 Å². The maximum Gasteiger partial charge on any atom is 0.318 e. The number of likely N-dealkylation sites (N-methyl/N-ethyl adjacent to an activating group) is 1. The van der Waals surface area contributed by atoms with Crippen LogP contribution in [0.15, 0.2) is 31.0 Å². The van der Waals surface area contributed by atoms with Crippen LogP contribution in [0.2, 0.25) is 0 Å². The lowest BCUT2D eigenvalue weighted by atomic mass is 9.96. The molecule has 3 aliphatic heterocycles. The second-order valence-corrected chi connectivity index (χ2v) is 11.5. The van der Waals surface area contributed by atoms with Gasteiger partial charge in [0.1, 0.15) is 12.4 Å². The summed E-state index contributed by atoms with van der Waals surface area (Å²) in [4.78, 5) is 31.1. The Morgan fingerprint density at radius 2 is 1.95 bits per heavy atom. The smallest absolute Gasteiger partial charge is 0.318 e. The third kappa shape index (κ3) is 5.74. The number of amides is 1. The number of hydrogen-bond acceptors (Lipinski definition) is 8. The summed E-state index contributed by atoms with van der Waals surface area (Å²) in [5, 5.41) is 8.63. The predicted molar refractivity (Wildman–Crippen MR) is 167 cm³/mol. The summed E-state index contributed by atoms with van der Waals surface area (Å²) in [7, 11) is 2.16. The number of piperazine rings is 1. The van der Waals surface area contributed by atoms with Gasteiger partial charge in [-0.15, -0.1) is 0 Å². The van der Waals surface area contributed by atoms with Crippen LogP contribution in [0.3, 0.4) is 0 Å². The number of nitrogens with zero attached hydrogens (tertiary/aromatic N) is 7. The third-order valence-corrected chi connectivity index (χ3v) is 8.73. The summed E-state index contributed by atoms with van der Waals surface area (Å²) < 4.78 is 6.29. The highest BCUT2D eigenvalue weighted by atomic mass is 32.1. The number of H-pyrrole nitrogens is 1. The Morgan fingerprint density at radius 1 is 1.15 bits per heavy atom. The van der Waals surface area contributed by atoms with Crippen LogP contribution >= 0.6 is 13.5 Å². The molecule has 0 unspecified atom stereocenters. The molecule has 1 aromatic carbocycles. The van der Waals surface area contributed by atoms with Crippen LogP contribution in [0.5, 0.6) is 6.01 Å². The molecule has 0 bridgehead atoms. The highest BCUT2D eigenvalue weighted by Gasteiger charge is 2.30. The molecule has 220 valence electrons. The predicted octanol–water partition coefficient (Wildman–Crippen LogP) is 3.46. The molecule has 6 rings (SSSR count). The van der Waals surface area contributed by atoms with Gasteiger partial charge in [0.05, 0.1) is 29.6 Å². The Morgan fingerprint density at radius 3 is 2.66 bits per heavy atom. The number of hydrogen-bond donors (Lipinski definition) is 1. The molecule has 1 amide bonds. The molecule has 11 heteroatoms. The van der Waals surface area contributed by atoms with Gasteiger partial charge in [-0.2, -0.15) is 28.6 Å². The van der Waals surface area contributed by atoms with Crippen molar-refractivity contribution < 1.29 is 9.53 Å². The van der Waals surface area contributed by atoms with Gasteiger partial charge in [-0.25, -0.2) is 0 Å². The largest absolute Gasteiger partial charge is 0.462 e. The zero-order valence-corrected chi connectivity index (χ0v) is 25.4. The summed E-state index contributed by atoms with van der Waals surface area (Å²) in [6, 6.07) is 5.19. The molecule has 1 N–H and O–H groups in total. The molecule has 10 nitrogen and oxygen atoms in total. The van der Waals surface area contributed by atoms with E-state index >= 15 is 0 Å². The summed E-state index contributed by atoms with van der Waals surface area (Å²) in [6.45, 7) is 14.1. The van der Waals surface area contributed by atoms with Gasteiger partial charge in [0.25, 0.3) is 0 Å². The van der Waals surface area contributed by atoms with Gasteiger partial charge in [0.2, 0.25) is 5.91 Å². The minimum Gasteiger partial charge on any atom is -0.462 e. The summed E-state index contributed by atoms with van der Waals surface area (Å²) >= 11 is 0. The number of aromatic amines is 1. The minimum absolute atomic E-state index is 0. The van der Waals surface area contributed by atoms with Crippen LogP contribution in [-0.4, -0.2) is 94.8 Å². The van der Waals surface area contributed by atoms with Crippen molar-refractivity contribution in [1.82, 2.24) is 30.0 Å². The lowest BCUT2D eigenvalue weighted by Crippen LogP contribution is -2.49. The van der Waals surface area contributed by atoms with E-state index < -0.39 is 0 Å². The number of fused-ring (bicyclic) bond motifs is 2. The number of nitrogens with one attached hydrogen (secondary N) is 1. The molecule has 2 fully saturated rings. The van der Waals surface area contributed by atoms with Crippen molar-refractivity contribution in [3.05, 3.63) is 47.8 Å². The Hall–Kier alpha value is -3.31. The van der Waals surface area contributed by atoms with E-state index in [4.69, 9.17) is 14.7 Å². The van der Waals surface area contributed by atoms with Gasteiger partial charge in [-0.05, 0) is 56.5 Å². The molecular weight excluding hydrogens is 536 g/mol. The van der Waals surface area contributed by atoms with Gasteiger partial charge in [-0.1, -0.05) is 26.5 Å².